The minimum atomic E-state index is -1.02. The number of aromatic amines is 1. The van der Waals surface area contributed by atoms with Crippen LogP contribution in [0.4, 0.5) is 0 Å². The number of nitrogens with zero attached hydrogens (tertiary/aromatic N) is 2. The Hall–Kier alpha value is -2.37. The largest absolute Gasteiger partial charge is 0.478 e. The number of carboxylic acids is 1. The van der Waals surface area contributed by atoms with Gasteiger partial charge in [0.2, 0.25) is 0 Å². The van der Waals surface area contributed by atoms with Crippen molar-refractivity contribution in [2.45, 2.75) is 6.92 Å². The number of rotatable bonds is 2. The third-order valence-electron chi connectivity index (χ3n) is 2.35. The molecular formula is C10H9N3O3. The van der Waals surface area contributed by atoms with E-state index in [4.69, 9.17) is 5.11 Å². The van der Waals surface area contributed by atoms with Crippen LogP contribution in [-0.2, 0) is 0 Å². The average molecular weight is 219 g/mol. The van der Waals surface area contributed by atoms with Crippen LogP contribution >= 0.6 is 0 Å². The van der Waals surface area contributed by atoms with Gasteiger partial charge in [0.25, 0.3) is 0 Å². The standard InChI is InChI=1S/C10H9N3O3/c1-6-7(9(14)15)3-2-4-8(6)13-5-11-12-10(13)16/h2-5H,1H3,(H,12,16)(H,14,15). The number of carboxylic acid groups (broad SMARTS) is 1. The van der Waals surface area contributed by atoms with E-state index in [0.29, 0.717) is 11.3 Å². The van der Waals surface area contributed by atoms with E-state index < -0.39 is 11.7 Å². The minimum absolute atomic E-state index is 0.172. The summed E-state index contributed by atoms with van der Waals surface area (Å²) in [6.07, 6.45) is 1.32. The molecule has 2 rings (SSSR count). The predicted molar refractivity (Wildman–Crippen MR) is 55.9 cm³/mol. The molecule has 6 heteroatoms. The van der Waals surface area contributed by atoms with Crippen molar-refractivity contribution >= 4 is 5.97 Å². The van der Waals surface area contributed by atoms with Crippen molar-refractivity contribution in [3.8, 4) is 5.69 Å². The molecule has 0 fully saturated rings. The molecule has 0 amide bonds. The summed E-state index contributed by atoms with van der Waals surface area (Å²) in [5.74, 6) is -1.02. The fraction of sp³-hybridized carbons (Fsp3) is 0.100. The summed E-state index contributed by atoms with van der Waals surface area (Å²) < 4.78 is 1.27. The van der Waals surface area contributed by atoms with Crippen molar-refractivity contribution in [2.75, 3.05) is 0 Å². The smallest absolute Gasteiger partial charge is 0.347 e. The molecule has 6 nitrogen and oxygen atoms in total. The molecule has 1 heterocycles. The Kier molecular flexibility index (Phi) is 2.32. The Labute approximate surface area is 90.2 Å². The zero-order valence-corrected chi connectivity index (χ0v) is 8.47. The van der Waals surface area contributed by atoms with E-state index >= 15 is 0 Å². The Balaban J connectivity index is 2.68. The third kappa shape index (κ3) is 1.50. The van der Waals surface area contributed by atoms with Gasteiger partial charge in [-0.1, -0.05) is 6.07 Å². The summed E-state index contributed by atoms with van der Waals surface area (Å²) in [6.45, 7) is 1.65. The second kappa shape index (κ2) is 3.65. The maximum absolute atomic E-state index is 11.4. The molecule has 82 valence electrons. The summed E-state index contributed by atoms with van der Waals surface area (Å²) in [5.41, 5.74) is 0.813. The first kappa shape index (κ1) is 10.2. The lowest BCUT2D eigenvalue weighted by Crippen LogP contribution is -2.16. The van der Waals surface area contributed by atoms with Crippen molar-refractivity contribution < 1.29 is 9.90 Å². The number of benzene rings is 1. The van der Waals surface area contributed by atoms with Crippen LogP contribution in [-0.4, -0.2) is 25.8 Å². The molecular weight excluding hydrogens is 210 g/mol. The average Bonchev–Trinajstić information content (AvgIpc) is 2.64. The highest BCUT2D eigenvalue weighted by Gasteiger charge is 2.12. The van der Waals surface area contributed by atoms with Crippen LogP contribution < -0.4 is 5.69 Å². The quantitative estimate of drug-likeness (QED) is 0.772. The van der Waals surface area contributed by atoms with Gasteiger partial charge in [0, 0.05) is 0 Å². The second-order valence-corrected chi connectivity index (χ2v) is 3.29. The highest BCUT2D eigenvalue weighted by Crippen LogP contribution is 2.16. The highest BCUT2D eigenvalue weighted by atomic mass is 16.4. The molecule has 0 radical (unpaired) electrons. The van der Waals surface area contributed by atoms with Crippen LogP contribution in [0.5, 0.6) is 0 Å². The van der Waals surface area contributed by atoms with Gasteiger partial charge in [-0.15, -0.1) is 0 Å². The predicted octanol–water partition coefficient (Wildman–Crippen LogP) is 0.567. The zero-order valence-electron chi connectivity index (χ0n) is 8.47. The van der Waals surface area contributed by atoms with Crippen LogP contribution in [0.15, 0.2) is 29.3 Å². The lowest BCUT2D eigenvalue weighted by atomic mass is 10.1. The maximum Gasteiger partial charge on any atom is 0.347 e. The topological polar surface area (TPSA) is 88.0 Å². The number of aromatic carboxylic acids is 1. The zero-order chi connectivity index (χ0) is 11.7. The molecule has 0 bridgehead atoms. The van der Waals surface area contributed by atoms with Crippen LogP contribution in [0.3, 0.4) is 0 Å². The summed E-state index contributed by atoms with van der Waals surface area (Å²) in [7, 11) is 0. The number of aromatic nitrogens is 3. The van der Waals surface area contributed by atoms with Crippen LogP contribution in [0, 0.1) is 6.92 Å². The van der Waals surface area contributed by atoms with E-state index in [0.717, 1.165) is 0 Å². The molecule has 0 aliphatic rings. The molecule has 0 saturated carbocycles. The molecule has 2 aromatic rings. The van der Waals surface area contributed by atoms with Crippen LogP contribution in [0.1, 0.15) is 15.9 Å². The van der Waals surface area contributed by atoms with Gasteiger partial charge in [0.15, 0.2) is 0 Å². The van der Waals surface area contributed by atoms with Crippen molar-refractivity contribution in [3.63, 3.8) is 0 Å². The summed E-state index contributed by atoms with van der Waals surface area (Å²) in [6, 6.07) is 4.75. The maximum atomic E-state index is 11.4. The van der Waals surface area contributed by atoms with Gasteiger partial charge in [0.1, 0.15) is 6.33 Å². The monoisotopic (exact) mass is 219 g/mol. The molecule has 0 saturated heterocycles. The van der Waals surface area contributed by atoms with E-state index in [1.54, 1.807) is 19.1 Å². The number of hydrogen-bond donors (Lipinski definition) is 2. The normalized spacial score (nSPS) is 10.3. The Morgan fingerprint density at radius 3 is 2.81 bits per heavy atom. The Bertz CT molecular complexity index is 597. The lowest BCUT2D eigenvalue weighted by Gasteiger charge is -2.07. The molecule has 0 unspecified atom stereocenters. The minimum Gasteiger partial charge on any atom is -0.478 e. The molecule has 1 aromatic heterocycles. The molecule has 2 N–H and O–H groups in total. The van der Waals surface area contributed by atoms with Gasteiger partial charge >= 0.3 is 11.7 Å². The fourth-order valence-electron chi connectivity index (χ4n) is 1.54. The molecule has 0 aliphatic carbocycles. The van der Waals surface area contributed by atoms with Crippen LogP contribution in [0.2, 0.25) is 0 Å². The molecule has 0 spiro atoms. The number of nitrogens with one attached hydrogen (secondary N) is 1. The van der Waals surface area contributed by atoms with Crippen molar-refractivity contribution in [3.05, 3.63) is 46.1 Å². The summed E-state index contributed by atoms with van der Waals surface area (Å²) >= 11 is 0. The van der Waals surface area contributed by atoms with E-state index in [-0.39, 0.29) is 5.56 Å². The van der Waals surface area contributed by atoms with E-state index in [2.05, 4.69) is 10.2 Å². The van der Waals surface area contributed by atoms with Gasteiger partial charge in [-0.05, 0) is 24.6 Å². The Morgan fingerprint density at radius 1 is 1.50 bits per heavy atom. The number of H-pyrrole nitrogens is 1. The third-order valence-corrected chi connectivity index (χ3v) is 2.35. The fourth-order valence-corrected chi connectivity index (χ4v) is 1.54. The van der Waals surface area contributed by atoms with Crippen LogP contribution in [0.25, 0.3) is 5.69 Å². The van der Waals surface area contributed by atoms with Crippen molar-refractivity contribution in [2.24, 2.45) is 0 Å². The molecule has 16 heavy (non-hydrogen) atoms. The number of hydrogen-bond acceptors (Lipinski definition) is 3. The summed E-state index contributed by atoms with van der Waals surface area (Å²) in [4.78, 5) is 22.3. The Morgan fingerprint density at radius 2 is 2.25 bits per heavy atom. The number of carbonyl (C=O) groups is 1. The first-order valence-corrected chi connectivity index (χ1v) is 4.56. The first-order chi connectivity index (χ1) is 7.61. The summed E-state index contributed by atoms with van der Waals surface area (Å²) in [5, 5.41) is 14.8. The second-order valence-electron chi connectivity index (χ2n) is 3.29. The molecule has 0 aliphatic heterocycles. The van der Waals surface area contributed by atoms with E-state index in [1.165, 1.54) is 17.0 Å². The van der Waals surface area contributed by atoms with Gasteiger partial charge < -0.3 is 5.11 Å². The molecule has 1 aromatic carbocycles. The van der Waals surface area contributed by atoms with E-state index in [9.17, 15) is 9.59 Å². The van der Waals surface area contributed by atoms with Gasteiger partial charge in [-0.2, -0.15) is 5.10 Å². The lowest BCUT2D eigenvalue weighted by molar-refractivity contribution is 0.0696. The SMILES string of the molecule is Cc1c(C(=O)O)cccc1-n1cn[nH]c1=O. The van der Waals surface area contributed by atoms with E-state index in [1.807, 2.05) is 0 Å². The molecule has 0 atom stereocenters. The van der Waals surface area contributed by atoms with Gasteiger partial charge in [-0.3, -0.25) is 0 Å². The highest BCUT2D eigenvalue weighted by molar-refractivity contribution is 5.90. The van der Waals surface area contributed by atoms with Gasteiger partial charge in [-0.25, -0.2) is 19.3 Å². The van der Waals surface area contributed by atoms with Crippen molar-refractivity contribution in [1.29, 1.82) is 0 Å². The van der Waals surface area contributed by atoms with Gasteiger partial charge in [0.05, 0.1) is 11.3 Å². The first-order valence-electron chi connectivity index (χ1n) is 4.56. The van der Waals surface area contributed by atoms with Crippen molar-refractivity contribution in [1.82, 2.24) is 14.8 Å².